The van der Waals surface area contributed by atoms with Gasteiger partial charge in [-0.3, -0.25) is 4.79 Å². The number of aromatic nitrogens is 1. The molecule has 2 rings (SSSR count). The first kappa shape index (κ1) is 12.3. The first-order valence-corrected chi connectivity index (χ1v) is 6.07. The highest BCUT2D eigenvalue weighted by atomic mass is 35.5. The molecule has 1 saturated heterocycles. The molecule has 1 aromatic rings. The van der Waals surface area contributed by atoms with Crippen molar-refractivity contribution in [2.45, 2.75) is 25.9 Å². The number of carbonyl (C=O) groups excluding carboxylic acids is 1. The quantitative estimate of drug-likeness (QED) is 0.839. The van der Waals surface area contributed by atoms with E-state index in [0.717, 1.165) is 25.1 Å². The van der Waals surface area contributed by atoms with Crippen LogP contribution in [0.25, 0.3) is 0 Å². The van der Waals surface area contributed by atoms with Crippen molar-refractivity contribution in [3.63, 3.8) is 0 Å². The predicted octanol–water partition coefficient (Wildman–Crippen LogP) is 1.95. The molecular formula is C12H15ClN2O2. The van der Waals surface area contributed by atoms with Crippen molar-refractivity contribution in [2.24, 2.45) is 0 Å². The van der Waals surface area contributed by atoms with Gasteiger partial charge in [0.05, 0.1) is 11.7 Å². The van der Waals surface area contributed by atoms with Crippen LogP contribution in [0.2, 0.25) is 5.15 Å². The molecule has 0 spiro atoms. The summed E-state index contributed by atoms with van der Waals surface area (Å²) < 4.78 is 5.43. The molecule has 1 atom stereocenters. The highest BCUT2D eigenvalue weighted by Crippen LogP contribution is 2.14. The summed E-state index contributed by atoms with van der Waals surface area (Å²) in [6.45, 7) is 3.15. The van der Waals surface area contributed by atoms with Crippen LogP contribution in [-0.4, -0.2) is 30.1 Å². The average Bonchev–Trinajstić information content (AvgIpc) is 2.78. The van der Waals surface area contributed by atoms with Gasteiger partial charge < -0.3 is 10.1 Å². The van der Waals surface area contributed by atoms with E-state index >= 15 is 0 Å². The summed E-state index contributed by atoms with van der Waals surface area (Å²) in [6.07, 6.45) is 2.20. The van der Waals surface area contributed by atoms with Gasteiger partial charge in [0, 0.05) is 18.8 Å². The first-order valence-electron chi connectivity index (χ1n) is 5.70. The summed E-state index contributed by atoms with van der Waals surface area (Å²) in [4.78, 5) is 15.9. The number of pyridine rings is 1. The Morgan fingerprint density at radius 1 is 1.65 bits per heavy atom. The van der Waals surface area contributed by atoms with Crippen LogP contribution in [0.4, 0.5) is 0 Å². The van der Waals surface area contributed by atoms with Crippen LogP contribution in [0.3, 0.4) is 0 Å². The molecule has 1 aliphatic heterocycles. The first-order chi connectivity index (χ1) is 8.16. The molecule has 0 aliphatic carbocycles. The molecule has 2 heterocycles. The maximum Gasteiger partial charge on any atom is 0.254 e. The number of aryl methyl sites for hydroxylation is 1. The largest absolute Gasteiger partial charge is 0.376 e. The van der Waals surface area contributed by atoms with Crippen molar-refractivity contribution < 1.29 is 9.53 Å². The molecule has 17 heavy (non-hydrogen) atoms. The molecule has 0 radical (unpaired) electrons. The van der Waals surface area contributed by atoms with E-state index in [2.05, 4.69) is 10.3 Å². The van der Waals surface area contributed by atoms with Gasteiger partial charge in [0.1, 0.15) is 5.15 Å². The minimum Gasteiger partial charge on any atom is -0.376 e. The van der Waals surface area contributed by atoms with Crippen LogP contribution in [0.1, 0.15) is 28.9 Å². The van der Waals surface area contributed by atoms with E-state index in [9.17, 15) is 4.79 Å². The second-order valence-corrected chi connectivity index (χ2v) is 4.49. The van der Waals surface area contributed by atoms with Gasteiger partial charge in [0.25, 0.3) is 5.91 Å². The minimum atomic E-state index is -0.196. The molecule has 4 nitrogen and oxygen atoms in total. The van der Waals surface area contributed by atoms with E-state index in [-0.39, 0.29) is 17.2 Å². The third-order valence-electron chi connectivity index (χ3n) is 2.75. The van der Waals surface area contributed by atoms with Crippen molar-refractivity contribution in [1.82, 2.24) is 10.3 Å². The summed E-state index contributed by atoms with van der Waals surface area (Å²) in [7, 11) is 0. The van der Waals surface area contributed by atoms with Gasteiger partial charge in [-0.1, -0.05) is 11.6 Å². The van der Waals surface area contributed by atoms with E-state index in [0.29, 0.717) is 12.1 Å². The fraction of sp³-hybridized carbons (Fsp3) is 0.500. The molecule has 1 fully saturated rings. The molecule has 1 aliphatic rings. The molecule has 0 unspecified atom stereocenters. The van der Waals surface area contributed by atoms with E-state index in [1.165, 1.54) is 0 Å². The summed E-state index contributed by atoms with van der Waals surface area (Å²) >= 11 is 5.92. The van der Waals surface area contributed by atoms with Crippen LogP contribution < -0.4 is 5.32 Å². The Morgan fingerprint density at radius 2 is 2.47 bits per heavy atom. The molecule has 0 aromatic carbocycles. The Bertz CT molecular complexity index is 417. The number of amides is 1. The second kappa shape index (κ2) is 5.47. The van der Waals surface area contributed by atoms with Gasteiger partial charge in [-0.25, -0.2) is 4.98 Å². The predicted molar refractivity (Wildman–Crippen MR) is 65.3 cm³/mol. The highest BCUT2D eigenvalue weighted by Gasteiger charge is 2.17. The van der Waals surface area contributed by atoms with Crippen LogP contribution in [0.5, 0.6) is 0 Å². The molecule has 5 heteroatoms. The Kier molecular flexibility index (Phi) is 3.97. The van der Waals surface area contributed by atoms with Crippen LogP contribution in [-0.2, 0) is 4.74 Å². The number of hydrogen-bond acceptors (Lipinski definition) is 3. The number of carbonyl (C=O) groups is 1. The minimum absolute atomic E-state index is 0.135. The topological polar surface area (TPSA) is 51.2 Å². The number of halogens is 1. The van der Waals surface area contributed by atoms with Crippen molar-refractivity contribution in [2.75, 3.05) is 13.2 Å². The lowest BCUT2D eigenvalue weighted by Crippen LogP contribution is -2.32. The van der Waals surface area contributed by atoms with E-state index < -0.39 is 0 Å². The summed E-state index contributed by atoms with van der Waals surface area (Å²) in [5.74, 6) is -0.196. The Hall–Kier alpha value is -1.13. The molecule has 92 valence electrons. The number of ether oxygens (including phenoxy) is 1. The lowest BCUT2D eigenvalue weighted by molar-refractivity contribution is 0.0857. The van der Waals surface area contributed by atoms with Gasteiger partial charge >= 0.3 is 0 Å². The number of hydrogen-bond donors (Lipinski definition) is 1. The number of nitrogens with zero attached hydrogens (tertiary/aromatic N) is 1. The van der Waals surface area contributed by atoms with Crippen LogP contribution in [0, 0.1) is 6.92 Å². The average molecular weight is 255 g/mol. The van der Waals surface area contributed by atoms with Crippen molar-refractivity contribution in [3.8, 4) is 0 Å². The third-order valence-corrected chi connectivity index (χ3v) is 3.03. The molecular weight excluding hydrogens is 240 g/mol. The highest BCUT2D eigenvalue weighted by molar-refractivity contribution is 6.32. The van der Waals surface area contributed by atoms with Crippen molar-refractivity contribution in [1.29, 1.82) is 0 Å². The maximum atomic E-state index is 11.8. The number of rotatable bonds is 3. The summed E-state index contributed by atoms with van der Waals surface area (Å²) in [5, 5.41) is 3.06. The zero-order chi connectivity index (χ0) is 12.3. The van der Waals surface area contributed by atoms with Gasteiger partial charge in [-0.05, 0) is 31.9 Å². The molecule has 1 aromatic heterocycles. The van der Waals surface area contributed by atoms with Crippen molar-refractivity contribution in [3.05, 3.63) is 28.5 Å². The van der Waals surface area contributed by atoms with E-state index in [1.807, 2.05) is 6.92 Å². The second-order valence-electron chi connectivity index (χ2n) is 4.14. The Labute approximate surface area is 105 Å². The summed E-state index contributed by atoms with van der Waals surface area (Å²) in [5.41, 5.74) is 1.21. The smallest absolute Gasteiger partial charge is 0.254 e. The molecule has 1 amide bonds. The van der Waals surface area contributed by atoms with Crippen LogP contribution >= 0.6 is 11.6 Å². The summed E-state index contributed by atoms with van der Waals surface area (Å²) in [6, 6.07) is 3.46. The lowest BCUT2D eigenvalue weighted by Gasteiger charge is -2.11. The standard InChI is InChI=1S/C12H15ClN2O2/c1-8-4-5-10(11(13)15-8)12(16)14-7-9-3-2-6-17-9/h4-5,9H,2-3,6-7H2,1H3,(H,14,16)/t9-/m0/s1. The van der Waals surface area contributed by atoms with E-state index in [1.54, 1.807) is 12.1 Å². The molecule has 0 saturated carbocycles. The number of nitrogens with one attached hydrogen (secondary N) is 1. The molecule has 1 N–H and O–H groups in total. The maximum absolute atomic E-state index is 11.8. The monoisotopic (exact) mass is 254 g/mol. The van der Waals surface area contributed by atoms with Crippen molar-refractivity contribution >= 4 is 17.5 Å². The van der Waals surface area contributed by atoms with Gasteiger partial charge in [-0.2, -0.15) is 0 Å². The Balaban J connectivity index is 1.94. The SMILES string of the molecule is Cc1ccc(C(=O)NC[C@@H]2CCCO2)c(Cl)n1. The van der Waals surface area contributed by atoms with Gasteiger partial charge in [-0.15, -0.1) is 0 Å². The normalized spacial score (nSPS) is 19.3. The zero-order valence-electron chi connectivity index (χ0n) is 9.70. The zero-order valence-corrected chi connectivity index (χ0v) is 10.5. The van der Waals surface area contributed by atoms with Crippen LogP contribution in [0.15, 0.2) is 12.1 Å². The Morgan fingerprint density at radius 3 is 3.12 bits per heavy atom. The van der Waals surface area contributed by atoms with E-state index in [4.69, 9.17) is 16.3 Å². The van der Waals surface area contributed by atoms with Gasteiger partial charge in [0.2, 0.25) is 0 Å². The fourth-order valence-corrected chi connectivity index (χ4v) is 2.08. The molecule has 0 bridgehead atoms. The fourth-order valence-electron chi connectivity index (χ4n) is 1.80. The third kappa shape index (κ3) is 3.17. The lowest BCUT2D eigenvalue weighted by atomic mass is 10.2. The van der Waals surface area contributed by atoms with Gasteiger partial charge in [0.15, 0.2) is 0 Å².